The van der Waals surface area contributed by atoms with E-state index in [-0.39, 0.29) is 28.8 Å². The van der Waals surface area contributed by atoms with Gasteiger partial charge < -0.3 is 5.32 Å². The molecule has 1 aromatic rings. The van der Waals surface area contributed by atoms with Gasteiger partial charge in [-0.25, -0.2) is 8.42 Å². The molecule has 1 aliphatic rings. The van der Waals surface area contributed by atoms with Crippen molar-refractivity contribution in [2.45, 2.75) is 18.6 Å². The molecule has 0 aliphatic carbocycles. The van der Waals surface area contributed by atoms with E-state index in [1.165, 1.54) is 0 Å². The number of rotatable bonds is 2. The van der Waals surface area contributed by atoms with Crippen molar-refractivity contribution in [3.8, 4) is 6.07 Å². The molecule has 1 saturated heterocycles. The van der Waals surface area contributed by atoms with Crippen LogP contribution in [0.15, 0.2) is 18.2 Å². The summed E-state index contributed by atoms with van der Waals surface area (Å²) in [5.41, 5.74) is -0.828. The van der Waals surface area contributed by atoms with Crippen molar-refractivity contribution >= 4 is 15.5 Å². The Kier molecular flexibility index (Phi) is 3.65. The highest BCUT2D eigenvalue weighted by molar-refractivity contribution is 7.91. The van der Waals surface area contributed by atoms with Gasteiger partial charge in [0.05, 0.1) is 28.3 Å². The van der Waals surface area contributed by atoms with Gasteiger partial charge >= 0.3 is 6.18 Å². The molecule has 1 unspecified atom stereocenters. The molecule has 1 aromatic carbocycles. The molecule has 0 bridgehead atoms. The molecule has 0 amide bonds. The SMILES string of the molecule is N#Cc1cc(C(F)(F)F)ccc1NC1CCS(=O)(=O)C1. The summed E-state index contributed by atoms with van der Waals surface area (Å²) in [4.78, 5) is 0. The van der Waals surface area contributed by atoms with Gasteiger partial charge in [-0.05, 0) is 24.6 Å². The zero-order valence-electron chi connectivity index (χ0n) is 10.2. The molecule has 8 heteroatoms. The lowest BCUT2D eigenvalue weighted by molar-refractivity contribution is -0.137. The van der Waals surface area contributed by atoms with E-state index in [4.69, 9.17) is 5.26 Å². The van der Waals surface area contributed by atoms with Crippen LogP contribution in [0.5, 0.6) is 0 Å². The molecule has 0 spiro atoms. The van der Waals surface area contributed by atoms with Crippen molar-refractivity contribution in [1.29, 1.82) is 5.26 Å². The summed E-state index contributed by atoms with van der Waals surface area (Å²) in [6.07, 6.45) is -4.13. The van der Waals surface area contributed by atoms with E-state index in [9.17, 15) is 21.6 Å². The lowest BCUT2D eigenvalue weighted by Crippen LogP contribution is -2.21. The second-order valence-corrected chi connectivity index (χ2v) is 6.84. The first-order valence-corrected chi connectivity index (χ1v) is 7.62. The number of anilines is 1. The van der Waals surface area contributed by atoms with Gasteiger partial charge in [0, 0.05) is 6.04 Å². The Bertz CT molecular complexity index is 662. The number of nitrogens with zero attached hydrogens (tertiary/aromatic N) is 1. The smallest absolute Gasteiger partial charge is 0.380 e. The lowest BCUT2D eigenvalue weighted by Gasteiger charge is -2.15. The third kappa shape index (κ3) is 3.22. The normalized spacial score (nSPS) is 21.4. The Morgan fingerprint density at radius 3 is 2.55 bits per heavy atom. The summed E-state index contributed by atoms with van der Waals surface area (Å²) in [5.74, 6) is -0.0217. The Morgan fingerprint density at radius 2 is 2.05 bits per heavy atom. The van der Waals surface area contributed by atoms with Crippen LogP contribution in [0.3, 0.4) is 0 Å². The van der Waals surface area contributed by atoms with Gasteiger partial charge in [0.25, 0.3) is 0 Å². The van der Waals surface area contributed by atoms with Crippen molar-refractivity contribution < 1.29 is 21.6 Å². The van der Waals surface area contributed by atoms with Gasteiger partial charge in [-0.15, -0.1) is 0 Å². The zero-order chi connectivity index (χ0) is 15.0. The highest BCUT2D eigenvalue weighted by Gasteiger charge is 2.32. The van der Waals surface area contributed by atoms with E-state index >= 15 is 0 Å². The van der Waals surface area contributed by atoms with E-state index in [0.29, 0.717) is 6.42 Å². The van der Waals surface area contributed by atoms with Crippen molar-refractivity contribution in [3.63, 3.8) is 0 Å². The number of nitrogens with one attached hydrogen (secondary N) is 1. The van der Waals surface area contributed by atoms with Gasteiger partial charge in [0.2, 0.25) is 0 Å². The fraction of sp³-hybridized carbons (Fsp3) is 0.417. The number of alkyl halides is 3. The van der Waals surface area contributed by atoms with Crippen LogP contribution in [0.1, 0.15) is 17.5 Å². The molecule has 1 N–H and O–H groups in total. The van der Waals surface area contributed by atoms with E-state index in [1.54, 1.807) is 6.07 Å². The number of hydrogen-bond acceptors (Lipinski definition) is 4. The van der Waals surface area contributed by atoms with Crippen molar-refractivity contribution in [2.75, 3.05) is 16.8 Å². The minimum Gasteiger partial charge on any atom is -0.380 e. The molecule has 20 heavy (non-hydrogen) atoms. The van der Waals surface area contributed by atoms with Gasteiger partial charge in [-0.2, -0.15) is 18.4 Å². The van der Waals surface area contributed by atoms with E-state index < -0.39 is 21.6 Å². The summed E-state index contributed by atoms with van der Waals surface area (Å²) in [6, 6.07) is 4.10. The average Bonchev–Trinajstić information content (AvgIpc) is 2.68. The van der Waals surface area contributed by atoms with E-state index in [1.807, 2.05) is 0 Å². The predicted molar refractivity (Wildman–Crippen MR) is 66.8 cm³/mol. The highest BCUT2D eigenvalue weighted by atomic mass is 32.2. The molecule has 0 radical (unpaired) electrons. The highest BCUT2D eigenvalue weighted by Crippen LogP contribution is 2.32. The third-order valence-electron chi connectivity index (χ3n) is 3.06. The Morgan fingerprint density at radius 1 is 1.35 bits per heavy atom. The first-order chi connectivity index (χ1) is 9.21. The Labute approximate surface area is 114 Å². The minimum absolute atomic E-state index is 0.0488. The number of nitriles is 1. The van der Waals surface area contributed by atoms with Crippen LogP contribution in [0.25, 0.3) is 0 Å². The zero-order valence-corrected chi connectivity index (χ0v) is 11.1. The van der Waals surface area contributed by atoms with Gasteiger partial charge in [0.1, 0.15) is 6.07 Å². The summed E-state index contributed by atoms with van der Waals surface area (Å²) < 4.78 is 60.2. The maximum atomic E-state index is 12.5. The molecule has 0 aromatic heterocycles. The van der Waals surface area contributed by atoms with Crippen molar-refractivity contribution in [2.24, 2.45) is 0 Å². The number of benzene rings is 1. The molecule has 2 rings (SSSR count). The summed E-state index contributed by atoms with van der Waals surface area (Å²) in [5, 5.41) is 11.7. The summed E-state index contributed by atoms with van der Waals surface area (Å²) in [7, 11) is -3.09. The fourth-order valence-corrected chi connectivity index (χ4v) is 3.74. The van der Waals surface area contributed by atoms with Gasteiger partial charge in [-0.3, -0.25) is 0 Å². The van der Waals surface area contributed by atoms with Gasteiger partial charge in [0.15, 0.2) is 9.84 Å². The maximum Gasteiger partial charge on any atom is 0.416 e. The number of sulfone groups is 1. The van der Waals surface area contributed by atoms with Crippen LogP contribution in [0.4, 0.5) is 18.9 Å². The fourth-order valence-electron chi connectivity index (χ4n) is 2.07. The Hall–Kier alpha value is -1.75. The quantitative estimate of drug-likeness (QED) is 0.909. The van der Waals surface area contributed by atoms with Crippen LogP contribution in [-0.2, 0) is 16.0 Å². The molecule has 1 atom stereocenters. The largest absolute Gasteiger partial charge is 0.416 e. The minimum atomic E-state index is -4.51. The molecular weight excluding hydrogens is 293 g/mol. The average molecular weight is 304 g/mol. The van der Waals surface area contributed by atoms with E-state index in [0.717, 1.165) is 18.2 Å². The second-order valence-electron chi connectivity index (χ2n) is 4.61. The van der Waals surface area contributed by atoms with Gasteiger partial charge in [-0.1, -0.05) is 0 Å². The van der Waals surface area contributed by atoms with Crippen LogP contribution >= 0.6 is 0 Å². The topological polar surface area (TPSA) is 70.0 Å². The second kappa shape index (κ2) is 4.98. The molecule has 4 nitrogen and oxygen atoms in total. The third-order valence-corrected chi connectivity index (χ3v) is 4.83. The molecule has 108 valence electrons. The van der Waals surface area contributed by atoms with E-state index in [2.05, 4.69) is 5.32 Å². The first kappa shape index (κ1) is 14.7. The van der Waals surface area contributed by atoms with Crippen LogP contribution in [-0.4, -0.2) is 26.0 Å². The number of hydrogen-bond donors (Lipinski definition) is 1. The standard InChI is InChI=1S/C12H11F3N2O2S/c13-12(14,15)9-1-2-11(8(5-9)6-16)17-10-3-4-20(18,19)7-10/h1-2,5,10,17H,3-4,7H2. The van der Waals surface area contributed by atoms with Crippen LogP contribution in [0, 0.1) is 11.3 Å². The van der Waals surface area contributed by atoms with Crippen molar-refractivity contribution in [1.82, 2.24) is 0 Å². The summed E-state index contributed by atoms with van der Waals surface area (Å²) >= 11 is 0. The number of halogens is 3. The molecule has 1 fully saturated rings. The van der Waals surface area contributed by atoms with Crippen LogP contribution in [0.2, 0.25) is 0 Å². The molecular formula is C12H11F3N2O2S. The summed E-state index contributed by atoms with van der Waals surface area (Å²) in [6.45, 7) is 0. The monoisotopic (exact) mass is 304 g/mol. The lowest BCUT2D eigenvalue weighted by atomic mass is 10.1. The molecule has 1 aliphatic heterocycles. The maximum absolute atomic E-state index is 12.5. The van der Waals surface area contributed by atoms with Crippen molar-refractivity contribution in [3.05, 3.63) is 29.3 Å². The molecule has 1 heterocycles. The molecule has 0 saturated carbocycles. The predicted octanol–water partition coefficient (Wildman–Crippen LogP) is 2.18. The van der Waals surface area contributed by atoms with Crippen LogP contribution < -0.4 is 5.32 Å². The Balaban J connectivity index is 2.23. The first-order valence-electron chi connectivity index (χ1n) is 5.79.